The van der Waals surface area contributed by atoms with Gasteiger partial charge in [-0.2, -0.15) is 0 Å². The van der Waals surface area contributed by atoms with Crippen LogP contribution in [0.3, 0.4) is 0 Å². The molecule has 152 valence electrons. The average molecular weight is 377 g/mol. The predicted molar refractivity (Wildman–Crippen MR) is 112 cm³/mol. The number of benzene rings is 1. The standard InChI is InChI=1S/C21H36N4O2/c1-17-8-7-13-25(16-17)12-6-5-11-23-21(22-2)24-15-18-9-10-19(26-3)14-20(18)27-4/h9-10,14,17H,5-8,11-13,15-16H2,1-4H3,(H2,22,23,24). The molecule has 0 amide bonds. The minimum Gasteiger partial charge on any atom is -0.497 e. The van der Waals surface area contributed by atoms with Crippen molar-refractivity contribution in [2.45, 2.75) is 39.2 Å². The first-order valence-electron chi connectivity index (χ1n) is 10.0. The lowest BCUT2D eigenvalue weighted by atomic mass is 10.0. The first kappa shape index (κ1) is 21.4. The molecular formula is C21H36N4O2. The molecule has 0 aliphatic carbocycles. The van der Waals surface area contributed by atoms with E-state index in [1.165, 1.54) is 38.9 Å². The van der Waals surface area contributed by atoms with E-state index in [1.807, 2.05) is 18.2 Å². The van der Waals surface area contributed by atoms with Crippen LogP contribution < -0.4 is 20.1 Å². The van der Waals surface area contributed by atoms with Crippen molar-refractivity contribution in [3.05, 3.63) is 23.8 Å². The van der Waals surface area contributed by atoms with Gasteiger partial charge in [0.2, 0.25) is 0 Å². The maximum Gasteiger partial charge on any atom is 0.191 e. The summed E-state index contributed by atoms with van der Waals surface area (Å²) in [6, 6.07) is 5.85. The van der Waals surface area contributed by atoms with E-state index < -0.39 is 0 Å². The SMILES string of the molecule is CN=C(NCCCCN1CCCC(C)C1)NCc1ccc(OC)cc1OC. The number of piperidine rings is 1. The Morgan fingerprint density at radius 1 is 1.22 bits per heavy atom. The number of likely N-dealkylation sites (tertiary alicyclic amines) is 1. The molecule has 1 unspecified atom stereocenters. The van der Waals surface area contributed by atoms with E-state index in [1.54, 1.807) is 21.3 Å². The number of ether oxygens (including phenoxy) is 2. The Morgan fingerprint density at radius 3 is 2.78 bits per heavy atom. The summed E-state index contributed by atoms with van der Waals surface area (Å²) in [5.74, 6) is 3.28. The Hall–Kier alpha value is -1.95. The van der Waals surface area contributed by atoms with Gasteiger partial charge >= 0.3 is 0 Å². The maximum absolute atomic E-state index is 5.45. The highest BCUT2D eigenvalue weighted by Gasteiger charge is 2.15. The molecule has 2 N–H and O–H groups in total. The van der Waals surface area contributed by atoms with Crippen molar-refractivity contribution in [1.82, 2.24) is 15.5 Å². The van der Waals surface area contributed by atoms with Gasteiger partial charge in [-0.1, -0.05) is 6.92 Å². The van der Waals surface area contributed by atoms with E-state index in [4.69, 9.17) is 9.47 Å². The zero-order valence-electron chi connectivity index (χ0n) is 17.4. The average Bonchev–Trinajstić information content (AvgIpc) is 2.70. The van der Waals surface area contributed by atoms with Crippen molar-refractivity contribution in [3.63, 3.8) is 0 Å². The number of nitrogens with one attached hydrogen (secondary N) is 2. The summed E-state index contributed by atoms with van der Waals surface area (Å²) < 4.78 is 10.7. The third kappa shape index (κ3) is 7.29. The number of aliphatic imine (C=N–C) groups is 1. The molecule has 1 aliphatic heterocycles. The molecule has 0 radical (unpaired) electrons. The summed E-state index contributed by atoms with van der Waals surface area (Å²) >= 11 is 0. The molecule has 1 fully saturated rings. The molecule has 6 nitrogen and oxygen atoms in total. The van der Waals surface area contributed by atoms with Crippen LogP contribution in [-0.2, 0) is 6.54 Å². The molecule has 1 aliphatic rings. The molecule has 1 heterocycles. The van der Waals surface area contributed by atoms with Crippen molar-refractivity contribution in [1.29, 1.82) is 0 Å². The van der Waals surface area contributed by atoms with Crippen molar-refractivity contribution < 1.29 is 9.47 Å². The summed E-state index contributed by atoms with van der Waals surface area (Å²) in [5.41, 5.74) is 1.07. The van der Waals surface area contributed by atoms with Gasteiger partial charge in [0.1, 0.15) is 11.5 Å². The lowest BCUT2D eigenvalue weighted by Gasteiger charge is -2.30. The Kier molecular flexibility index (Phi) is 9.25. The summed E-state index contributed by atoms with van der Waals surface area (Å²) in [6.45, 7) is 7.69. The molecule has 0 bridgehead atoms. The second-order valence-corrected chi connectivity index (χ2v) is 7.29. The number of rotatable bonds is 9. The fourth-order valence-corrected chi connectivity index (χ4v) is 3.55. The highest BCUT2D eigenvalue weighted by molar-refractivity contribution is 5.79. The molecule has 1 atom stereocenters. The van der Waals surface area contributed by atoms with Crippen LogP contribution in [0.1, 0.15) is 38.2 Å². The van der Waals surface area contributed by atoms with Gasteiger partial charge in [0.25, 0.3) is 0 Å². The molecule has 1 aromatic rings. The normalized spacial score (nSPS) is 18.2. The second kappa shape index (κ2) is 11.7. The van der Waals surface area contributed by atoms with Crippen LogP contribution in [0, 0.1) is 5.92 Å². The van der Waals surface area contributed by atoms with Crippen LogP contribution in [0.5, 0.6) is 11.5 Å². The van der Waals surface area contributed by atoms with Crippen molar-refractivity contribution >= 4 is 5.96 Å². The highest BCUT2D eigenvalue weighted by atomic mass is 16.5. The van der Waals surface area contributed by atoms with Gasteiger partial charge in [-0.3, -0.25) is 4.99 Å². The van der Waals surface area contributed by atoms with E-state index >= 15 is 0 Å². The quantitative estimate of drug-likeness (QED) is 0.394. The van der Waals surface area contributed by atoms with Crippen LogP contribution in [0.2, 0.25) is 0 Å². The maximum atomic E-state index is 5.45. The zero-order valence-corrected chi connectivity index (χ0v) is 17.4. The van der Waals surface area contributed by atoms with Crippen LogP contribution in [-0.4, -0.2) is 58.3 Å². The fourth-order valence-electron chi connectivity index (χ4n) is 3.55. The summed E-state index contributed by atoms with van der Waals surface area (Å²) in [7, 11) is 5.13. The van der Waals surface area contributed by atoms with Gasteiger partial charge < -0.3 is 25.0 Å². The van der Waals surface area contributed by atoms with Gasteiger partial charge in [0, 0.05) is 38.3 Å². The summed E-state index contributed by atoms with van der Waals surface area (Å²) in [4.78, 5) is 6.92. The number of unbranched alkanes of at least 4 members (excludes halogenated alkanes) is 1. The van der Waals surface area contributed by atoms with Gasteiger partial charge in [-0.25, -0.2) is 0 Å². The van der Waals surface area contributed by atoms with Gasteiger partial charge in [0.05, 0.1) is 14.2 Å². The number of nitrogens with zero attached hydrogens (tertiary/aromatic N) is 2. The van der Waals surface area contributed by atoms with E-state index in [-0.39, 0.29) is 0 Å². The second-order valence-electron chi connectivity index (χ2n) is 7.29. The number of hydrogen-bond acceptors (Lipinski definition) is 4. The fraction of sp³-hybridized carbons (Fsp3) is 0.667. The van der Waals surface area contributed by atoms with Crippen LogP contribution in [0.25, 0.3) is 0 Å². The van der Waals surface area contributed by atoms with E-state index in [0.29, 0.717) is 6.54 Å². The minimum absolute atomic E-state index is 0.651. The molecule has 27 heavy (non-hydrogen) atoms. The highest BCUT2D eigenvalue weighted by Crippen LogP contribution is 2.24. The van der Waals surface area contributed by atoms with Crippen LogP contribution >= 0.6 is 0 Å². The van der Waals surface area contributed by atoms with E-state index in [9.17, 15) is 0 Å². The monoisotopic (exact) mass is 376 g/mol. The lowest BCUT2D eigenvalue weighted by Crippen LogP contribution is -2.38. The molecule has 6 heteroatoms. The van der Waals surface area contributed by atoms with Gasteiger partial charge in [-0.05, 0) is 56.8 Å². The van der Waals surface area contributed by atoms with Gasteiger partial charge in [-0.15, -0.1) is 0 Å². The summed E-state index contributed by atoms with van der Waals surface area (Å²) in [6.07, 6.45) is 5.12. The first-order valence-corrected chi connectivity index (χ1v) is 10.0. The smallest absolute Gasteiger partial charge is 0.191 e. The molecule has 2 rings (SSSR count). The Bertz CT molecular complexity index is 592. The first-order chi connectivity index (χ1) is 13.2. The summed E-state index contributed by atoms with van der Waals surface area (Å²) in [5, 5.41) is 6.75. The van der Waals surface area contributed by atoms with Crippen molar-refractivity contribution in [3.8, 4) is 11.5 Å². The topological polar surface area (TPSA) is 58.1 Å². The molecule has 1 aromatic carbocycles. The molecular weight excluding hydrogens is 340 g/mol. The molecule has 0 saturated carbocycles. The van der Waals surface area contributed by atoms with Crippen molar-refractivity contribution in [2.24, 2.45) is 10.9 Å². The Balaban J connectivity index is 1.67. The lowest BCUT2D eigenvalue weighted by molar-refractivity contribution is 0.181. The molecule has 1 saturated heterocycles. The van der Waals surface area contributed by atoms with E-state index in [2.05, 4.69) is 27.4 Å². The zero-order chi connectivity index (χ0) is 19.5. The third-order valence-electron chi connectivity index (χ3n) is 5.10. The largest absolute Gasteiger partial charge is 0.497 e. The van der Waals surface area contributed by atoms with Crippen LogP contribution in [0.15, 0.2) is 23.2 Å². The minimum atomic E-state index is 0.651. The predicted octanol–water partition coefficient (Wildman–Crippen LogP) is 2.88. The van der Waals surface area contributed by atoms with Crippen LogP contribution in [0.4, 0.5) is 0 Å². The number of methoxy groups -OCH3 is 2. The number of guanidine groups is 1. The Labute approximate surface area is 164 Å². The van der Waals surface area contributed by atoms with Crippen molar-refractivity contribution in [2.75, 3.05) is 47.4 Å². The number of hydrogen-bond donors (Lipinski definition) is 2. The van der Waals surface area contributed by atoms with E-state index in [0.717, 1.165) is 41.9 Å². The Morgan fingerprint density at radius 2 is 2.07 bits per heavy atom. The molecule has 0 aromatic heterocycles. The van der Waals surface area contributed by atoms with Gasteiger partial charge in [0.15, 0.2) is 5.96 Å². The third-order valence-corrected chi connectivity index (χ3v) is 5.10. The molecule has 0 spiro atoms.